The number of nitrogens with one attached hydrogen (secondary N) is 2. The number of hydrogen-bond donors (Lipinski definition) is 6. The number of benzene rings is 4. The third-order valence-electron chi connectivity index (χ3n) is 10.5. The van der Waals surface area contributed by atoms with Gasteiger partial charge in [-0.05, 0) is 84.0 Å². The zero-order chi connectivity index (χ0) is 44.3. The zero-order valence-corrected chi connectivity index (χ0v) is 35.4. The van der Waals surface area contributed by atoms with E-state index in [0.717, 1.165) is 55.5 Å². The predicted molar refractivity (Wildman–Crippen MR) is 235 cm³/mol. The number of halogens is 1. The summed E-state index contributed by atoms with van der Waals surface area (Å²) in [6.45, 7) is 8.02. The van der Waals surface area contributed by atoms with E-state index in [1.54, 1.807) is 24.4 Å². The summed E-state index contributed by atoms with van der Waals surface area (Å²) in [5, 5.41) is 59.5. The Labute approximate surface area is 364 Å². The largest absolute Gasteiger partial charge is 0.488 e. The van der Waals surface area contributed by atoms with E-state index in [1.165, 1.54) is 6.20 Å². The number of nitriles is 1. The van der Waals surface area contributed by atoms with Gasteiger partial charge >= 0.3 is 11.9 Å². The SMILES string of the molecule is Cc1c(COc2cc(OCc3cncc(C#N)c3)c(CNCC(O)CC(=O)O)cc2Cl)cccc1-c1cccc(-c2ccc3c(c2)c(C)nn3CCNCC(O)CC(=O)O)c1C. The van der Waals surface area contributed by atoms with E-state index >= 15 is 0 Å². The molecule has 0 bridgehead atoms. The van der Waals surface area contributed by atoms with Crippen LogP contribution in [-0.4, -0.2) is 79.0 Å². The van der Waals surface area contributed by atoms with Crippen molar-refractivity contribution in [2.24, 2.45) is 0 Å². The van der Waals surface area contributed by atoms with Crippen LogP contribution in [0.4, 0.5) is 0 Å². The monoisotopic (exact) mass is 860 g/mol. The van der Waals surface area contributed by atoms with Crippen LogP contribution in [-0.2, 0) is 35.9 Å². The third-order valence-corrected chi connectivity index (χ3v) is 10.8. The molecule has 0 aliphatic carbocycles. The number of fused-ring (bicyclic) bond motifs is 1. The fourth-order valence-corrected chi connectivity index (χ4v) is 7.57. The number of hydrogen-bond acceptors (Lipinski definition) is 11. The average Bonchev–Trinajstić information content (AvgIpc) is 3.55. The summed E-state index contributed by atoms with van der Waals surface area (Å²) in [4.78, 5) is 26.0. The number of aliphatic hydroxyl groups is 2. The zero-order valence-electron chi connectivity index (χ0n) is 34.7. The molecule has 0 fully saturated rings. The highest BCUT2D eigenvalue weighted by atomic mass is 35.5. The second-order valence-corrected chi connectivity index (χ2v) is 15.5. The van der Waals surface area contributed by atoms with Crippen molar-refractivity contribution in [3.8, 4) is 39.8 Å². The first-order valence-electron chi connectivity index (χ1n) is 20.1. The molecule has 322 valence electrons. The Morgan fingerprint density at radius 1 is 0.806 bits per heavy atom. The van der Waals surface area contributed by atoms with Gasteiger partial charge in [-0.3, -0.25) is 19.3 Å². The minimum Gasteiger partial charge on any atom is -0.488 e. The van der Waals surface area contributed by atoms with Gasteiger partial charge in [-0.1, -0.05) is 54.1 Å². The number of aliphatic carboxylic acids is 2. The summed E-state index contributed by atoms with van der Waals surface area (Å²) in [6.07, 6.45) is 0.354. The van der Waals surface area contributed by atoms with Gasteiger partial charge in [-0.15, -0.1) is 0 Å². The molecule has 14 nitrogen and oxygen atoms in total. The van der Waals surface area contributed by atoms with E-state index in [2.05, 4.69) is 78.0 Å². The molecular formula is C47H49ClN6O8. The average molecular weight is 861 g/mol. The van der Waals surface area contributed by atoms with Gasteiger partial charge in [0.15, 0.2) is 0 Å². The standard InChI is InChI=1S/C47H49ClN6O8/c1-28-34(27-62-45-19-44(61-26-32-14-31(20-49)21-51-22-32)35(16-42(45)48)23-52-25-37(56)18-47(59)60)6-4-8-39(28)40-9-5-7-38(29(40)2)33-10-11-43-41(15-33)30(3)53-54(43)13-12-50-24-36(55)17-46(57)58/h4-11,14-16,19,21-22,36-37,50,52,55-56H,12-13,17-18,23-27H2,1-3H3,(H,57,58)(H,59,60). The highest BCUT2D eigenvalue weighted by molar-refractivity contribution is 6.32. The number of ether oxygens (including phenoxy) is 2. The van der Waals surface area contributed by atoms with Crippen LogP contribution >= 0.6 is 11.6 Å². The van der Waals surface area contributed by atoms with Crippen molar-refractivity contribution >= 4 is 34.4 Å². The Morgan fingerprint density at radius 3 is 2.21 bits per heavy atom. The van der Waals surface area contributed by atoms with E-state index in [4.69, 9.17) is 36.4 Å². The van der Waals surface area contributed by atoms with Crippen molar-refractivity contribution in [1.82, 2.24) is 25.4 Å². The summed E-state index contributed by atoms with van der Waals surface area (Å²) >= 11 is 6.78. The summed E-state index contributed by atoms with van der Waals surface area (Å²) in [5.74, 6) is -1.29. The third kappa shape index (κ3) is 11.5. The molecule has 2 atom stereocenters. The fourth-order valence-electron chi connectivity index (χ4n) is 7.33. The summed E-state index contributed by atoms with van der Waals surface area (Å²) in [5.41, 5.74) is 11.0. The van der Waals surface area contributed by atoms with E-state index in [-0.39, 0.29) is 39.3 Å². The molecule has 6 N–H and O–H groups in total. The van der Waals surface area contributed by atoms with Crippen LogP contribution in [0.1, 0.15) is 51.9 Å². The minimum atomic E-state index is -1.10. The van der Waals surface area contributed by atoms with Gasteiger partial charge in [-0.2, -0.15) is 10.4 Å². The summed E-state index contributed by atoms with van der Waals surface area (Å²) < 4.78 is 14.5. The molecule has 0 aliphatic rings. The summed E-state index contributed by atoms with van der Waals surface area (Å²) in [7, 11) is 0. The van der Waals surface area contributed by atoms with E-state index < -0.39 is 30.6 Å². The van der Waals surface area contributed by atoms with Crippen molar-refractivity contribution in [1.29, 1.82) is 5.26 Å². The Balaban J connectivity index is 1.19. The van der Waals surface area contributed by atoms with Crippen LogP contribution in [0.15, 0.2) is 85.2 Å². The molecule has 2 heterocycles. The smallest absolute Gasteiger partial charge is 0.306 e. The van der Waals surface area contributed by atoms with Crippen LogP contribution in [0.2, 0.25) is 5.02 Å². The minimum absolute atomic E-state index is 0.0425. The highest BCUT2D eigenvalue weighted by Gasteiger charge is 2.18. The molecule has 6 aromatic rings. The first-order valence-corrected chi connectivity index (χ1v) is 20.5. The van der Waals surface area contributed by atoms with Crippen molar-refractivity contribution in [3.05, 3.63) is 129 Å². The second-order valence-electron chi connectivity index (χ2n) is 15.1. The van der Waals surface area contributed by atoms with Crippen molar-refractivity contribution in [2.45, 2.75) is 72.1 Å². The number of carboxylic acids is 2. The van der Waals surface area contributed by atoms with Crippen LogP contribution in [0.5, 0.6) is 11.5 Å². The van der Waals surface area contributed by atoms with Crippen LogP contribution < -0.4 is 20.1 Å². The van der Waals surface area contributed by atoms with Gasteiger partial charge < -0.3 is 40.5 Å². The molecule has 6 rings (SSSR count). The lowest BCUT2D eigenvalue weighted by molar-refractivity contribution is -0.140. The maximum Gasteiger partial charge on any atom is 0.306 e. The lowest BCUT2D eigenvalue weighted by atomic mass is 9.89. The topological polar surface area (TPSA) is 212 Å². The molecule has 0 aliphatic heterocycles. The number of aromatic nitrogens is 3. The molecule has 0 radical (unpaired) electrons. The fraction of sp³-hybridized carbons (Fsp3) is 0.298. The van der Waals surface area contributed by atoms with Crippen LogP contribution in [0, 0.1) is 32.1 Å². The number of rotatable bonds is 21. The molecule has 0 amide bonds. The van der Waals surface area contributed by atoms with Gasteiger partial charge in [0, 0.05) is 61.2 Å². The molecule has 62 heavy (non-hydrogen) atoms. The maximum atomic E-state index is 11.0. The molecule has 0 saturated heterocycles. The number of nitrogens with zero attached hydrogens (tertiary/aromatic N) is 4. The lowest BCUT2D eigenvalue weighted by Gasteiger charge is -2.18. The van der Waals surface area contributed by atoms with Crippen molar-refractivity contribution in [2.75, 3.05) is 19.6 Å². The number of carbonyl (C=O) groups is 2. The molecule has 0 spiro atoms. The predicted octanol–water partition coefficient (Wildman–Crippen LogP) is 6.72. The second kappa shape index (κ2) is 21.0. The molecule has 15 heteroatoms. The van der Waals surface area contributed by atoms with Crippen molar-refractivity contribution in [3.63, 3.8) is 0 Å². The van der Waals surface area contributed by atoms with Gasteiger partial charge in [0.1, 0.15) is 30.8 Å². The number of carboxylic acid groups (broad SMARTS) is 2. The molecular weight excluding hydrogens is 812 g/mol. The van der Waals surface area contributed by atoms with Crippen LogP contribution in [0.3, 0.4) is 0 Å². The van der Waals surface area contributed by atoms with E-state index in [9.17, 15) is 25.1 Å². The highest BCUT2D eigenvalue weighted by Crippen LogP contribution is 2.37. The normalized spacial score (nSPS) is 12.2. The lowest BCUT2D eigenvalue weighted by Crippen LogP contribution is -2.31. The Bertz CT molecular complexity index is 2610. The molecule has 4 aromatic carbocycles. The molecule has 2 aromatic heterocycles. The quantitative estimate of drug-likeness (QED) is 0.0416. The molecule has 2 unspecified atom stereocenters. The van der Waals surface area contributed by atoms with Gasteiger partial charge in [0.25, 0.3) is 0 Å². The first-order chi connectivity index (χ1) is 29.8. The van der Waals surface area contributed by atoms with Gasteiger partial charge in [0.2, 0.25) is 0 Å². The molecule has 0 saturated carbocycles. The summed E-state index contributed by atoms with van der Waals surface area (Å²) in [6, 6.07) is 25.9. The maximum absolute atomic E-state index is 11.0. The Kier molecular flexibility index (Phi) is 15.3. The van der Waals surface area contributed by atoms with Gasteiger partial charge in [-0.25, -0.2) is 0 Å². The first kappa shape index (κ1) is 45.2. The van der Waals surface area contributed by atoms with Crippen LogP contribution in [0.25, 0.3) is 33.2 Å². The number of aryl methyl sites for hydroxylation is 1. The van der Waals surface area contributed by atoms with E-state index in [0.29, 0.717) is 46.3 Å². The number of aliphatic hydroxyl groups excluding tert-OH is 2. The van der Waals surface area contributed by atoms with Crippen molar-refractivity contribution < 1.29 is 39.5 Å². The Hall–Kier alpha value is -6.34. The van der Waals surface area contributed by atoms with E-state index in [1.807, 2.05) is 23.7 Å². The van der Waals surface area contributed by atoms with Gasteiger partial charge in [0.05, 0.1) is 53.4 Å². The Morgan fingerprint density at radius 2 is 1.48 bits per heavy atom. The number of pyridine rings is 1.